The van der Waals surface area contributed by atoms with Crippen LogP contribution in [0.25, 0.3) is 0 Å². The third kappa shape index (κ3) is 5.03. The minimum absolute atomic E-state index is 0.107. The Bertz CT molecular complexity index is 791. The van der Waals surface area contributed by atoms with Crippen LogP contribution >= 0.6 is 0 Å². The van der Waals surface area contributed by atoms with Crippen LogP contribution in [0.5, 0.6) is 0 Å². The van der Waals surface area contributed by atoms with E-state index < -0.39 is 41.6 Å². The van der Waals surface area contributed by atoms with Crippen molar-refractivity contribution >= 4 is 11.8 Å². The van der Waals surface area contributed by atoms with Crippen molar-refractivity contribution in [3.8, 4) is 0 Å². The first-order valence-corrected chi connectivity index (χ1v) is 7.18. The lowest BCUT2D eigenvalue weighted by atomic mass is 10.2. The molecule has 8 heteroatoms. The normalized spacial score (nSPS) is 10.4. The zero-order valence-electron chi connectivity index (χ0n) is 13.2. The molecule has 0 saturated carbocycles. The number of halogens is 4. The van der Waals surface area contributed by atoms with E-state index in [-0.39, 0.29) is 17.7 Å². The molecule has 2 amide bonds. The number of nitrogens with one attached hydrogen (secondary N) is 1. The number of hydrogen-bond acceptors (Lipinski definition) is 2. The Hall–Kier alpha value is -2.90. The monoisotopic (exact) mass is 354 g/mol. The van der Waals surface area contributed by atoms with Gasteiger partial charge in [-0.25, -0.2) is 17.6 Å². The second-order valence-electron chi connectivity index (χ2n) is 5.33. The lowest BCUT2D eigenvalue weighted by molar-refractivity contribution is -0.129. The molecule has 2 rings (SSSR count). The molecule has 2 aromatic carbocycles. The molecule has 0 aromatic heterocycles. The summed E-state index contributed by atoms with van der Waals surface area (Å²) in [7, 11) is 1.37. The summed E-state index contributed by atoms with van der Waals surface area (Å²) in [6.07, 6.45) is 0. The number of nitrogens with zero attached hydrogens (tertiary/aromatic N) is 1. The van der Waals surface area contributed by atoms with Crippen LogP contribution < -0.4 is 5.32 Å². The van der Waals surface area contributed by atoms with E-state index >= 15 is 0 Å². The van der Waals surface area contributed by atoms with Gasteiger partial charge in [0, 0.05) is 36.9 Å². The van der Waals surface area contributed by atoms with E-state index in [0.29, 0.717) is 12.1 Å². The largest absolute Gasteiger partial charge is 0.343 e. The van der Waals surface area contributed by atoms with Gasteiger partial charge in [-0.15, -0.1) is 0 Å². The molecule has 1 N–H and O–H groups in total. The number of rotatable bonds is 5. The summed E-state index contributed by atoms with van der Waals surface area (Å²) in [5, 5.41) is 2.23. The first kappa shape index (κ1) is 18.4. The lowest BCUT2D eigenvalue weighted by Gasteiger charge is -2.18. The van der Waals surface area contributed by atoms with E-state index in [1.165, 1.54) is 13.1 Å². The third-order valence-corrected chi connectivity index (χ3v) is 3.37. The summed E-state index contributed by atoms with van der Waals surface area (Å²) in [6, 6.07) is 5.27. The van der Waals surface area contributed by atoms with Crippen molar-refractivity contribution in [2.75, 3.05) is 13.6 Å². The zero-order valence-corrected chi connectivity index (χ0v) is 13.2. The molecule has 0 bridgehead atoms. The maximum absolute atomic E-state index is 13.6. The van der Waals surface area contributed by atoms with Crippen LogP contribution in [0.3, 0.4) is 0 Å². The van der Waals surface area contributed by atoms with Crippen molar-refractivity contribution in [1.29, 1.82) is 0 Å². The molecule has 0 aliphatic carbocycles. The van der Waals surface area contributed by atoms with Crippen molar-refractivity contribution in [3.63, 3.8) is 0 Å². The summed E-state index contributed by atoms with van der Waals surface area (Å²) < 4.78 is 52.5. The molecular formula is C17H14F4N2O2. The van der Waals surface area contributed by atoms with E-state index in [2.05, 4.69) is 5.32 Å². The Morgan fingerprint density at radius 3 is 2.20 bits per heavy atom. The van der Waals surface area contributed by atoms with Crippen molar-refractivity contribution in [3.05, 3.63) is 70.8 Å². The van der Waals surface area contributed by atoms with Gasteiger partial charge in [0.1, 0.15) is 23.3 Å². The van der Waals surface area contributed by atoms with Crippen molar-refractivity contribution in [2.24, 2.45) is 0 Å². The van der Waals surface area contributed by atoms with Gasteiger partial charge in [0.15, 0.2) is 0 Å². The predicted octanol–water partition coefficient (Wildman–Crippen LogP) is 2.63. The van der Waals surface area contributed by atoms with E-state index in [1.807, 2.05) is 0 Å². The van der Waals surface area contributed by atoms with E-state index in [1.54, 1.807) is 0 Å². The van der Waals surface area contributed by atoms with Crippen LogP contribution in [-0.4, -0.2) is 30.3 Å². The van der Waals surface area contributed by atoms with Crippen LogP contribution in [0.2, 0.25) is 0 Å². The van der Waals surface area contributed by atoms with Gasteiger partial charge in [0.05, 0.1) is 6.54 Å². The molecule has 132 valence electrons. The van der Waals surface area contributed by atoms with E-state index in [4.69, 9.17) is 0 Å². The molecule has 2 aromatic rings. The van der Waals surface area contributed by atoms with Crippen LogP contribution in [0.15, 0.2) is 36.4 Å². The van der Waals surface area contributed by atoms with Gasteiger partial charge >= 0.3 is 0 Å². The molecule has 4 nitrogen and oxygen atoms in total. The first-order chi connectivity index (χ1) is 11.8. The van der Waals surface area contributed by atoms with E-state index in [9.17, 15) is 27.2 Å². The highest BCUT2D eigenvalue weighted by Crippen LogP contribution is 2.12. The van der Waals surface area contributed by atoms with E-state index in [0.717, 1.165) is 23.1 Å². The molecule has 0 aliphatic rings. The van der Waals surface area contributed by atoms with Gasteiger partial charge in [0.2, 0.25) is 5.91 Å². The molecular weight excluding hydrogens is 340 g/mol. The van der Waals surface area contributed by atoms with Crippen molar-refractivity contribution < 1.29 is 27.2 Å². The maximum atomic E-state index is 13.6. The molecule has 0 heterocycles. The van der Waals surface area contributed by atoms with Crippen molar-refractivity contribution in [2.45, 2.75) is 6.54 Å². The van der Waals surface area contributed by atoms with Gasteiger partial charge < -0.3 is 10.2 Å². The van der Waals surface area contributed by atoms with Gasteiger partial charge in [-0.2, -0.15) is 0 Å². The summed E-state index contributed by atoms with van der Waals surface area (Å²) in [4.78, 5) is 24.9. The molecule has 25 heavy (non-hydrogen) atoms. The van der Waals surface area contributed by atoms with Crippen LogP contribution in [0, 0.1) is 23.3 Å². The number of likely N-dealkylation sites (N-methyl/N-ethyl adjacent to an activating group) is 1. The molecule has 0 atom stereocenters. The maximum Gasteiger partial charge on any atom is 0.251 e. The minimum atomic E-state index is -0.916. The number of carbonyl (C=O) groups excluding carboxylic acids is 2. The Kier molecular flexibility index (Phi) is 5.74. The number of amides is 2. The fraction of sp³-hybridized carbons (Fsp3) is 0.176. The Balaban J connectivity index is 1.93. The Morgan fingerprint density at radius 2 is 1.60 bits per heavy atom. The minimum Gasteiger partial charge on any atom is -0.343 e. The zero-order chi connectivity index (χ0) is 18.6. The summed E-state index contributed by atoms with van der Waals surface area (Å²) in [5.74, 6) is -4.74. The van der Waals surface area contributed by atoms with Crippen LogP contribution in [0.1, 0.15) is 15.9 Å². The predicted molar refractivity (Wildman–Crippen MR) is 81.5 cm³/mol. The fourth-order valence-electron chi connectivity index (χ4n) is 2.07. The topological polar surface area (TPSA) is 49.4 Å². The SMILES string of the molecule is CN(Cc1ccc(F)cc1F)C(=O)CNC(=O)c1cc(F)cc(F)c1. The molecule has 0 fully saturated rings. The van der Waals surface area contributed by atoms with Gasteiger partial charge in [-0.3, -0.25) is 9.59 Å². The highest BCUT2D eigenvalue weighted by atomic mass is 19.1. The highest BCUT2D eigenvalue weighted by molar-refractivity contribution is 5.96. The van der Waals surface area contributed by atoms with Gasteiger partial charge in [0.25, 0.3) is 5.91 Å². The molecule has 0 unspecified atom stereocenters. The molecule has 0 radical (unpaired) electrons. The molecule has 0 saturated heterocycles. The number of benzene rings is 2. The molecule has 0 spiro atoms. The highest BCUT2D eigenvalue weighted by Gasteiger charge is 2.15. The Morgan fingerprint density at radius 1 is 0.960 bits per heavy atom. The lowest BCUT2D eigenvalue weighted by Crippen LogP contribution is -2.38. The number of hydrogen-bond donors (Lipinski definition) is 1. The Labute approximate surface area is 141 Å². The van der Waals surface area contributed by atoms with Crippen molar-refractivity contribution in [1.82, 2.24) is 10.2 Å². The second-order valence-corrected chi connectivity index (χ2v) is 5.33. The fourth-order valence-corrected chi connectivity index (χ4v) is 2.07. The van der Waals surface area contributed by atoms with Crippen LogP contribution in [-0.2, 0) is 11.3 Å². The smallest absolute Gasteiger partial charge is 0.251 e. The first-order valence-electron chi connectivity index (χ1n) is 7.18. The molecule has 0 aliphatic heterocycles. The summed E-state index contributed by atoms with van der Waals surface area (Å²) in [5.41, 5.74) is -0.159. The van der Waals surface area contributed by atoms with Crippen LogP contribution in [0.4, 0.5) is 17.6 Å². The summed E-state index contributed by atoms with van der Waals surface area (Å²) >= 11 is 0. The van der Waals surface area contributed by atoms with Gasteiger partial charge in [-0.05, 0) is 18.2 Å². The number of carbonyl (C=O) groups is 2. The average molecular weight is 354 g/mol. The standard InChI is InChI=1S/C17H14F4N2O2/c1-23(9-10-2-3-12(18)7-15(10)21)16(24)8-22-17(25)11-4-13(19)6-14(20)5-11/h2-7H,8-9H2,1H3,(H,22,25). The average Bonchev–Trinajstić information content (AvgIpc) is 2.53. The third-order valence-electron chi connectivity index (χ3n) is 3.37. The van der Waals surface area contributed by atoms with Gasteiger partial charge in [-0.1, -0.05) is 6.07 Å². The quantitative estimate of drug-likeness (QED) is 0.840. The summed E-state index contributed by atoms with van der Waals surface area (Å²) in [6.45, 7) is -0.578. The second kappa shape index (κ2) is 7.78.